The van der Waals surface area contributed by atoms with Crippen LogP contribution in [0.25, 0.3) is 0 Å². The van der Waals surface area contributed by atoms with E-state index in [0.717, 1.165) is 25.1 Å². The maximum Gasteiger partial charge on any atom is 0.238 e. The molecule has 0 saturated carbocycles. The Bertz CT molecular complexity index is 710. The summed E-state index contributed by atoms with van der Waals surface area (Å²) in [7, 11) is 0. The van der Waals surface area contributed by atoms with Crippen molar-refractivity contribution in [2.45, 2.75) is 29.5 Å². The second-order valence-electron chi connectivity index (χ2n) is 6.42. The average Bonchev–Trinajstić information content (AvgIpc) is 2.63. The van der Waals surface area contributed by atoms with Gasteiger partial charge in [0.15, 0.2) is 0 Å². The molecular weight excluding hydrogens is 335 g/mol. The topological polar surface area (TPSA) is 41.1 Å². The molecule has 3 atom stereocenters. The summed E-state index contributed by atoms with van der Waals surface area (Å²) >= 11 is 1.26. The third-order valence-corrected chi connectivity index (χ3v) is 5.84. The second kappa shape index (κ2) is 8.50. The molecule has 1 amide bonds. The molecule has 1 heterocycles. The lowest BCUT2D eigenvalue weighted by Crippen LogP contribution is -2.49. The van der Waals surface area contributed by atoms with Gasteiger partial charge in [-0.25, -0.2) is 4.39 Å². The minimum absolute atomic E-state index is 0.0572. The lowest BCUT2D eigenvalue weighted by Gasteiger charge is -2.31. The number of nitrogens with one attached hydrogen (secondary N) is 2. The normalized spacial score (nSPS) is 21.5. The van der Waals surface area contributed by atoms with E-state index in [-0.39, 0.29) is 17.8 Å². The molecule has 0 bridgehead atoms. The highest BCUT2D eigenvalue weighted by Crippen LogP contribution is 2.37. The third kappa shape index (κ3) is 4.61. The zero-order valence-corrected chi connectivity index (χ0v) is 15.1. The van der Waals surface area contributed by atoms with Crippen LogP contribution in [0.2, 0.25) is 0 Å². The quantitative estimate of drug-likeness (QED) is 0.800. The first kappa shape index (κ1) is 18.0. The van der Waals surface area contributed by atoms with Gasteiger partial charge in [0, 0.05) is 10.9 Å². The van der Waals surface area contributed by atoms with E-state index in [1.807, 2.05) is 30.3 Å². The van der Waals surface area contributed by atoms with Crippen LogP contribution in [-0.4, -0.2) is 25.0 Å². The second-order valence-corrected chi connectivity index (χ2v) is 7.57. The van der Waals surface area contributed by atoms with E-state index in [0.29, 0.717) is 10.8 Å². The molecule has 0 aliphatic carbocycles. The maximum absolute atomic E-state index is 14.1. The van der Waals surface area contributed by atoms with E-state index in [1.165, 1.54) is 17.8 Å². The predicted octanol–water partition coefficient (Wildman–Crippen LogP) is 3.77. The van der Waals surface area contributed by atoms with E-state index in [4.69, 9.17) is 0 Å². The zero-order valence-electron chi connectivity index (χ0n) is 14.2. The Hall–Kier alpha value is -1.85. The van der Waals surface area contributed by atoms with E-state index in [2.05, 4.69) is 17.6 Å². The van der Waals surface area contributed by atoms with Crippen LogP contribution in [0.15, 0.2) is 59.5 Å². The summed E-state index contributed by atoms with van der Waals surface area (Å²) in [6.07, 6.45) is 0.915. The van der Waals surface area contributed by atoms with Gasteiger partial charge in [0.2, 0.25) is 5.91 Å². The Labute approximate surface area is 152 Å². The van der Waals surface area contributed by atoms with Crippen LogP contribution in [0.1, 0.15) is 24.2 Å². The largest absolute Gasteiger partial charge is 0.352 e. The molecule has 5 heteroatoms. The monoisotopic (exact) mass is 358 g/mol. The van der Waals surface area contributed by atoms with E-state index >= 15 is 0 Å². The number of carbonyl (C=O) groups excluding carboxylic acids is 1. The third-order valence-electron chi connectivity index (χ3n) is 4.53. The Kier molecular flexibility index (Phi) is 6.10. The van der Waals surface area contributed by atoms with Gasteiger partial charge in [0.05, 0.1) is 0 Å². The van der Waals surface area contributed by atoms with Crippen molar-refractivity contribution in [2.24, 2.45) is 5.92 Å². The van der Waals surface area contributed by atoms with Crippen LogP contribution in [0.3, 0.4) is 0 Å². The van der Waals surface area contributed by atoms with Crippen molar-refractivity contribution >= 4 is 17.7 Å². The highest BCUT2D eigenvalue weighted by atomic mass is 32.2. The number of amides is 1. The Morgan fingerprint density at radius 2 is 1.92 bits per heavy atom. The summed E-state index contributed by atoms with van der Waals surface area (Å²) in [5.74, 6) is 0.0299. The Morgan fingerprint density at radius 1 is 1.20 bits per heavy atom. The molecule has 3 rings (SSSR count). The van der Waals surface area contributed by atoms with Gasteiger partial charge in [-0.2, -0.15) is 0 Å². The lowest BCUT2D eigenvalue weighted by molar-refractivity contribution is -0.121. The van der Waals surface area contributed by atoms with Gasteiger partial charge in [-0.05, 0) is 43.1 Å². The smallest absolute Gasteiger partial charge is 0.238 e. The van der Waals surface area contributed by atoms with Gasteiger partial charge in [0.1, 0.15) is 11.1 Å². The number of carbonyl (C=O) groups is 1. The fourth-order valence-corrected chi connectivity index (χ4v) is 4.11. The van der Waals surface area contributed by atoms with E-state index in [9.17, 15) is 9.18 Å². The van der Waals surface area contributed by atoms with E-state index in [1.54, 1.807) is 18.2 Å². The molecule has 2 N–H and O–H groups in total. The Morgan fingerprint density at radius 3 is 2.64 bits per heavy atom. The number of piperidine rings is 1. The summed E-state index contributed by atoms with van der Waals surface area (Å²) in [5, 5.41) is 6.05. The van der Waals surface area contributed by atoms with Crippen LogP contribution in [0, 0.1) is 11.7 Å². The number of thioether (sulfide) groups is 1. The first-order valence-electron chi connectivity index (χ1n) is 8.62. The van der Waals surface area contributed by atoms with Crippen molar-refractivity contribution in [1.29, 1.82) is 0 Å². The first-order valence-corrected chi connectivity index (χ1v) is 9.50. The van der Waals surface area contributed by atoms with Gasteiger partial charge >= 0.3 is 0 Å². The molecule has 3 unspecified atom stereocenters. The van der Waals surface area contributed by atoms with Crippen LogP contribution >= 0.6 is 11.8 Å². The highest BCUT2D eigenvalue weighted by Gasteiger charge is 2.28. The summed E-state index contributed by atoms with van der Waals surface area (Å²) in [5.41, 5.74) is 0.884. The molecular formula is C20H23FN2OS. The fourth-order valence-electron chi connectivity index (χ4n) is 3.05. The zero-order chi connectivity index (χ0) is 17.6. The molecule has 25 heavy (non-hydrogen) atoms. The standard InChI is InChI=1S/C20H23FN2OS/c1-14-13-22-12-11-17(14)23-20(24)19(15-7-3-2-4-8-15)25-18-10-6-5-9-16(18)21/h2-10,14,17,19,22H,11-13H2,1H3,(H,23,24). The van der Waals surface area contributed by atoms with Crippen molar-refractivity contribution in [2.75, 3.05) is 13.1 Å². The van der Waals surface area contributed by atoms with Crippen molar-refractivity contribution in [3.8, 4) is 0 Å². The fraction of sp³-hybridized carbons (Fsp3) is 0.350. The molecule has 3 nitrogen and oxygen atoms in total. The highest BCUT2D eigenvalue weighted by molar-refractivity contribution is 8.00. The van der Waals surface area contributed by atoms with Crippen molar-refractivity contribution in [3.63, 3.8) is 0 Å². The van der Waals surface area contributed by atoms with Gasteiger partial charge in [-0.3, -0.25) is 4.79 Å². The van der Waals surface area contributed by atoms with E-state index < -0.39 is 5.25 Å². The summed E-state index contributed by atoms with van der Waals surface area (Å²) in [6, 6.07) is 16.3. The molecule has 1 fully saturated rings. The minimum atomic E-state index is -0.472. The van der Waals surface area contributed by atoms with Crippen LogP contribution in [0.4, 0.5) is 4.39 Å². The van der Waals surface area contributed by atoms with Crippen LogP contribution < -0.4 is 10.6 Å². The average molecular weight is 358 g/mol. The number of rotatable bonds is 5. The van der Waals surface area contributed by atoms with Gasteiger partial charge in [0.25, 0.3) is 0 Å². The summed E-state index contributed by atoms with van der Waals surface area (Å²) < 4.78 is 14.1. The number of hydrogen-bond acceptors (Lipinski definition) is 3. The van der Waals surface area contributed by atoms with Gasteiger partial charge in [-0.1, -0.05) is 49.4 Å². The van der Waals surface area contributed by atoms with Crippen molar-refractivity contribution in [1.82, 2.24) is 10.6 Å². The van der Waals surface area contributed by atoms with Crippen LogP contribution in [0.5, 0.6) is 0 Å². The number of benzene rings is 2. The van der Waals surface area contributed by atoms with Crippen LogP contribution in [-0.2, 0) is 4.79 Å². The molecule has 132 valence electrons. The molecule has 1 aliphatic rings. The SMILES string of the molecule is CC1CNCCC1NC(=O)C(Sc1ccccc1F)c1ccccc1. The lowest BCUT2D eigenvalue weighted by atomic mass is 9.95. The maximum atomic E-state index is 14.1. The number of hydrogen-bond donors (Lipinski definition) is 2. The molecule has 0 radical (unpaired) electrons. The molecule has 0 aromatic heterocycles. The molecule has 0 spiro atoms. The van der Waals surface area contributed by atoms with Crippen molar-refractivity contribution < 1.29 is 9.18 Å². The van der Waals surface area contributed by atoms with Crippen molar-refractivity contribution in [3.05, 3.63) is 66.0 Å². The number of halogens is 1. The summed E-state index contributed by atoms with van der Waals surface area (Å²) in [6.45, 7) is 3.95. The molecule has 1 aliphatic heterocycles. The first-order chi connectivity index (χ1) is 12.1. The minimum Gasteiger partial charge on any atom is -0.352 e. The molecule has 2 aromatic carbocycles. The molecule has 2 aromatic rings. The van der Waals surface area contributed by atoms with Gasteiger partial charge in [-0.15, -0.1) is 11.8 Å². The summed E-state index contributed by atoms with van der Waals surface area (Å²) in [4.78, 5) is 13.5. The predicted molar refractivity (Wildman–Crippen MR) is 100 cm³/mol. The Balaban J connectivity index is 1.81. The molecule has 1 saturated heterocycles. The van der Waals surface area contributed by atoms with Gasteiger partial charge < -0.3 is 10.6 Å².